The van der Waals surface area contributed by atoms with Gasteiger partial charge in [-0.25, -0.2) is 15.0 Å². The Balaban J connectivity index is 1.10. The van der Waals surface area contributed by atoms with E-state index in [-0.39, 0.29) is 0 Å². The molecule has 5 nitrogen and oxygen atoms in total. The van der Waals surface area contributed by atoms with Crippen molar-refractivity contribution in [2.24, 2.45) is 0 Å². The van der Waals surface area contributed by atoms with Crippen LogP contribution in [0.3, 0.4) is 0 Å². The summed E-state index contributed by atoms with van der Waals surface area (Å²) in [5.74, 6) is 1.84. The number of pyridine rings is 2. The molecule has 11 rings (SSSR count). The highest BCUT2D eigenvalue weighted by atomic mass is 15.0. The van der Waals surface area contributed by atoms with Gasteiger partial charge in [0.2, 0.25) is 0 Å². The molecule has 0 amide bonds. The van der Waals surface area contributed by atoms with Gasteiger partial charge in [-0.05, 0) is 74.8 Å². The van der Waals surface area contributed by atoms with Crippen LogP contribution < -0.4 is 0 Å². The van der Waals surface area contributed by atoms with Crippen molar-refractivity contribution in [2.45, 2.75) is 5.41 Å². The summed E-state index contributed by atoms with van der Waals surface area (Å²) in [4.78, 5) is 24.6. The van der Waals surface area contributed by atoms with E-state index in [2.05, 4.69) is 149 Å². The normalized spacial score (nSPS) is 12.9. The van der Waals surface area contributed by atoms with Crippen LogP contribution in [0.1, 0.15) is 22.3 Å². The van der Waals surface area contributed by atoms with E-state index in [4.69, 9.17) is 15.0 Å². The lowest BCUT2D eigenvalue weighted by atomic mass is 9.70. The number of hydrogen-bond donors (Lipinski definition) is 0. The number of rotatable bonds is 5. The van der Waals surface area contributed by atoms with E-state index >= 15 is 0 Å². The molecule has 2 aliphatic rings. The molecule has 0 aliphatic heterocycles. The van der Waals surface area contributed by atoms with E-state index in [1.165, 1.54) is 44.5 Å². The minimum absolute atomic E-state index is 0.462. The molecule has 55 heavy (non-hydrogen) atoms. The fourth-order valence-electron chi connectivity index (χ4n) is 8.64. The Morgan fingerprint density at radius 1 is 0.291 bits per heavy atom. The van der Waals surface area contributed by atoms with Gasteiger partial charge in [0, 0.05) is 40.2 Å². The van der Waals surface area contributed by atoms with Crippen molar-refractivity contribution in [3.8, 4) is 78.9 Å². The molecule has 9 aromatic rings. The smallest absolute Gasteiger partial charge is 0.164 e. The van der Waals surface area contributed by atoms with Crippen LogP contribution in [0.2, 0.25) is 0 Å². The molecule has 3 aromatic heterocycles. The molecule has 0 bridgehead atoms. The molecule has 6 aromatic carbocycles. The van der Waals surface area contributed by atoms with Crippen LogP contribution in [0.4, 0.5) is 0 Å². The molecule has 2 aliphatic carbocycles. The zero-order valence-electron chi connectivity index (χ0n) is 29.6. The van der Waals surface area contributed by atoms with Gasteiger partial charge in [0.05, 0.1) is 16.8 Å². The molecule has 0 radical (unpaired) electrons. The van der Waals surface area contributed by atoms with Crippen molar-refractivity contribution in [1.29, 1.82) is 0 Å². The highest BCUT2D eigenvalue weighted by Crippen LogP contribution is 2.63. The first-order chi connectivity index (χ1) is 27.3. The molecule has 0 fully saturated rings. The third-order valence-corrected chi connectivity index (χ3v) is 11.1. The maximum Gasteiger partial charge on any atom is 0.164 e. The minimum Gasteiger partial charge on any atom is -0.256 e. The van der Waals surface area contributed by atoms with Crippen LogP contribution in [-0.2, 0) is 5.41 Å². The lowest BCUT2D eigenvalue weighted by Gasteiger charge is -2.30. The van der Waals surface area contributed by atoms with Gasteiger partial charge in [0.15, 0.2) is 17.5 Å². The Kier molecular flexibility index (Phi) is 7.01. The van der Waals surface area contributed by atoms with Crippen LogP contribution in [0.25, 0.3) is 78.9 Å². The Morgan fingerprint density at radius 3 is 1.09 bits per heavy atom. The van der Waals surface area contributed by atoms with Crippen LogP contribution in [-0.4, -0.2) is 24.9 Å². The Morgan fingerprint density at radius 2 is 0.655 bits per heavy atom. The van der Waals surface area contributed by atoms with Crippen molar-refractivity contribution >= 4 is 0 Å². The Bertz CT molecular complexity index is 2740. The maximum atomic E-state index is 5.20. The average molecular weight is 702 g/mol. The molecule has 5 heteroatoms. The van der Waals surface area contributed by atoms with Crippen molar-refractivity contribution in [2.75, 3.05) is 0 Å². The number of nitrogens with zero attached hydrogens (tertiary/aromatic N) is 5. The third kappa shape index (κ3) is 4.83. The molecule has 3 heterocycles. The summed E-state index contributed by atoms with van der Waals surface area (Å²) >= 11 is 0. The predicted octanol–water partition coefficient (Wildman–Crippen LogP) is 11.3. The van der Waals surface area contributed by atoms with Gasteiger partial charge in [0.25, 0.3) is 0 Å². The fraction of sp³-hybridized carbons (Fsp3) is 0.0200. The van der Waals surface area contributed by atoms with E-state index < -0.39 is 5.41 Å². The number of benzene rings is 6. The highest BCUT2D eigenvalue weighted by Gasteiger charge is 2.51. The topological polar surface area (TPSA) is 64.5 Å². The van der Waals surface area contributed by atoms with Gasteiger partial charge < -0.3 is 0 Å². The molecule has 0 saturated carbocycles. The van der Waals surface area contributed by atoms with Gasteiger partial charge in [-0.3, -0.25) is 9.97 Å². The van der Waals surface area contributed by atoms with E-state index in [1.807, 2.05) is 48.8 Å². The second kappa shape index (κ2) is 12.4. The van der Waals surface area contributed by atoms with E-state index in [0.717, 1.165) is 39.2 Å². The summed E-state index contributed by atoms with van der Waals surface area (Å²) in [7, 11) is 0. The number of hydrogen-bond acceptors (Lipinski definition) is 5. The summed E-state index contributed by atoms with van der Waals surface area (Å²) in [6, 6.07) is 61.8. The predicted molar refractivity (Wildman–Crippen MR) is 219 cm³/mol. The summed E-state index contributed by atoms with van der Waals surface area (Å²) in [6.07, 6.45) is 3.63. The first-order valence-corrected chi connectivity index (χ1v) is 18.5. The molecule has 0 unspecified atom stereocenters. The summed E-state index contributed by atoms with van der Waals surface area (Å²) in [6.45, 7) is 0. The van der Waals surface area contributed by atoms with E-state index in [9.17, 15) is 0 Å². The van der Waals surface area contributed by atoms with Crippen LogP contribution >= 0.6 is 0 Å². The zero-order valence-corrected chi connectivity index (χ0v) is 29.6. The van der Waals surface area contributed by atoms with Crippen molar-refractivity contribution in [3.05, 3.63) is 211 Å². The molecule has 0 atom stereocenters. The SMILES string of the molecule is c1ccc(-c2ccc(-c3nc(-c4ccc(-c5ccccn5)cc4)nc(-c4ccc5c(c4)C4(c6ccccc6-c6ccccc64)c4ccccc4-5)n3)cc2)nc1. The Labute approximate surface area is 318 Å². The van der Waals surface area contributed by atoms with E-state index in [1.54, 1.807) is 0 Å². The van der Waals surface area contributed by atoms with Gasteiger partial charge in [-0.1, -0.05) is 146 Å². The van der Waals surface area contributed by atoms with Gasteiger partial charge in [-0.2, -0.15) is 0 Å². The van der Waals surface area contributed by atoms with Crippen molar-refractivity contribution in [3.63, 3.8) is 0 Å². The number of fused-ring (bicyclic) bond motifs is 10. The van der Waals surface area contributed by atoms with Gasteiger partial charge in [0.1, 0.15) is 0 Å². The lowest BCUT2D eigenvalue weighted by Crippen LogP contribution is -2.25. The quantitative estimate of drug-likeness (QED) is 0.179. The van der Waals surface area contributed by atoms with Crippen LogP contribution in [0, 0.1) is 0 Å². The average Bonchev–Trinajstić information content (AvgIpc) is 3.74. The highest BCUT2D eigenvalue weighted by molar-refractivity contribution is 5.95. The summed E-state index contributed by atoms with van der Waals surface area (Å²) in [5, 5.41) is 0. The standard InChI is InChI=1S/C50H31N5/c1-4-14-41-37(11-1)38-12-2-5-15-42(38)50(41)43-16-6-3-13-39(43)40-28-27-36(31-44(40)50)49-54-47(34-23-19-32(20-24-34)45-17-7-9-29-51-45)53-48(55-49)35-25-21-33(22-26-35)46-18-8-10-30-52-46/h1-31H. The molecule has 0 saturated heterocycles. The largest absolute Gasteiger partial charge is 0.256 e. The van der Waals surface area contributed by atoms with Gasteiger partial charge >= 0.3 is 0 Å². The number of aromatic nitrogens is 5. The molecule has 256 valence electrons. The monoisotopic (exact) mass is 701 g/mol. The van der Waals surface area contributed by atoms with Crippen LogP contribution in [0.15, 0.2) is 188 Å². The van der Waals surface area contributed by atoms with Gasteiger partial charge in [-0.15, -0.1) is 0 Å². The third-order valence-electron chi connectivity index (χ3n) is 11.1. The molecular formula is C50H31N5. The molecule has 0 N–H and O–H groups in total. The second-order valence-electron chi connectivity index (χ2n) is 14.0. The van der Waals surface area contributed by atoms with Crippen molar-refractivity contribution < 1.29 is 0 Å². The Hall–Kier alpha value is -7.37. The molecule has 1 spiro atoms. The zero-order chi connectivity index (χ0) is 36.3. The fourth-order valence-corrected chi connectivity index (χ4v) is 8.64. The molecular weight excluding hydrogens is 671 g/mol. The first-order valence-electron chi connectivity index (χ1n) is 18.5. The van der Waals surface area contributed by atoms with Crippen LogP contribution in [0.5, 0.6) is 0 Å². The maximum absolute atomic E-state index is 5.20. The second-order valence-corrected chi connectivity index (χ2v) is 14.0. The van der Waals surface area contributed by atoms with Crippen molar-refractivity contribution in [1.82, 2.24) is 24.9 Å². The first kappa shape index (κ1) is 31.2. The summed E-state index contributed by atoms with van der Waals surface area (Å²) < 4.78 is 0. The summed E-state index contributed by atoms with van der Waals surface area (Å²) in [5.41, 5.74) is 16.4. The minimum atomic E-state index is -0.462. The lowest BCUT2D eigenvalue weighted by molar-refractivity contribution is 0.794. The van der Waals surface area contributed by atoms with E-state index in [0.29, 0.717) is 17.5 Å².